The predicted molar refractivity (Wildman–Crippen MR) is 75.2 cm³/mol. The molecule has 0 aromatic carbocycles. The number of carboxylic acids is 1. The van der Waals surface area contributed by atoms with E-state index in [2.05, 4.69) is 5.32 Å². The molecule has 0 spiro atoms. The lowest BCUT2D eigenvalue weighted by molar-refractivity contribution is -0.156. The highest BCUT2D eigenvalue weighted by molar-refractivity contribution is 8.01. The first-order valence-electron chi connectivity index (χ1n) is 7.00. The van der Waals surface area contributed by atoms with Gasteiger partial charge in [-0.25, -0.2) is 4.79 Å². The van der Waals surface area contributed by atoms with E-state index in [-0.39, 0.29) is 22.4 Å². The highest BCUT2D eigenvalue weighted by Crippen LogP contribution is 2.45. The van der Waals surface area contributed by atoms with Gasteiger partial charge < -0.3 is 15.3 Å². The third kappa shape index (κ3) is 3.08. The molecule has 2 heterocycles. The minimum absolute atomic E-state index is 0.0224. The number of thioether (sulfide) groups is 1. The Hall–Kier alpha value is -1.24. The van der Waals surface area contributed by atoms with Gasteiger partial charge >= 0.3 is 5.97 Å². The lowest BCUT2D eigenvalue weighted by Crippen LogP contribution is -2.55. The van der Waals surface area contributed by atoms with Gasteiger partial charge in [0.25, 0.3) is 0 Å². The molecular formula is C13H20N2O4S. The number of rotatable bonds is 7. The van der Waals surface area contributed by atoms with E-state index in [4.69, 9.17) is 0 Å². The molecule has 2 aliphatic heterocycles. The number of fused-ring (bicyclic) bond motifs is 1. The molecule has 2 aliphatic rings. The van der Waals surface area contributed by atoms with Gasteiger partial charge in [-0.15, -0.1) is 11.8 Å². The second-order valence-electron chi connectivity index (χ2n) is 5.12. The second kappa shape index (κ2) is 6.47. The number of β-lactam (4-membered cyclic amide) rings is 1. The number of carbonyl (C=O) groups is 3. The van der Waals surface area contributed by atoms with Crippen molar-refractivity contribution >= 4 is 29.5 Å². The zero-order valence-electron chi connectivity index (χ0n) is 11.5. The Morgan fingerprint density at radius 2 is 2.20 bits per heavy atom. The maximum Gasteiger partial charge on any atom is 0.327 e. The minimum Gasteiger partial charge on any atom is -0.480 e. The number of hydrogen-bond acceptors (Lipinski definition) is 4. The molecule has 0 saturated carbocycles. The fraction of sp³-hybridized carbons (Fsp3) is 0.769. The first-order chi connectivity index (χ1) is 9.54. The molecule has 0 aromatic heterocycles. The Kier molecular flexibility index (Phi) is 4.91. The molecule has 2 amide bonds. The lowest BCUT2D eigenvalue weighted by Gasteiger charge is -2.35. The highest BCUT2D eigenvalue weighted by atomic mass is 32.2. The summed E-state index contributed by atoms with van der Waals surface area (Å²) in [5, 5.41) is 12.1. The zero-order chi connectivity index (χ0) is 14.7. The summed E-state index contributed by atoms with van der Waals surface area (Å²) in [6, 6.07) is -0.670. The summed E-state index contributed by atoms with van der Waals surface area (Å²) in [6.07, 6.45) is 3.42. The molecular weight excluding hydrogens is 280 g/mol. The molecule has 7 heteroatoms. The SMILES string of the molecule is CCC(=O)NCCCCC1SC2CC(=O)N2C1C(=O)O. The molecule has 0 aromatic rings. The van der Waals surface area contributed by atoms with Gasteiger partial charge in [-0.3, -0.25) is 9.59 Å². The van der Waals surface area contributed by atoms with Gasteiger partial charge in [-0.05, 0) is 12.8 Å². The van der Waals surface area contributed by atoms with E-state index in [1.54, 1.807) is 11.8 Å². The smallest absolute Gasteiger partial charge is 0.327 e. The van der Waals surface area contributed by atoms with Gasteiger partial charge in [-0.2, -0.15) is 0 Å². The van der Waals surface area contributed by atoms with Crippen LogP contribution in [0.1, 0.15) is 39.0 Å². The summed E-state index contributed by atoms with van der Waals surface area (Å²) in [7, 11) is 0. The second-order valence-corrected chi connectivity index (χ2v) is 6.54. The van der Waals surface area contributed by atoms with Crippen LogP contribution in [0, 0.1) is 0 Å². The van der Waals surface area contributed by atoms with Crippen molar-refractivity contribution < 1.29 is 19.5 Å². The van der Waals surface area contributed by atoms with Crippen molar-refractivity contribution in [2.75, 3.05) is 6.54 Å². The van der Waals surface area contributed by atoms with Crippen LogP contribution in [0.4, 0.5) is 0 Å². The Bertz CT molecular complexity index is 415. The highest BCUT2D eigenvalue weighted by Gasteiger charge is 2.54. The summed E-state index contributed by atoms with van der Waals surface area (Å²) >= 11 is 1.61. The maximum absolute atomic E-state index is 11.5. The van der Waals surface area contributed by atoms with E-state index in [0.717, 1.165) is 19.3 Å². The summed E-state index contributed by atoms with van der Waals surface area (Å²) in [6.45, 7) is 2.44. The standard InChI is InChI=1S/C13H20N2O4S/c1-2-9(16)14-6-4-3-5-8-12(13(18)19)15-10(17)7-11(15)20-8/h8,11-12H,2-7H2,1H3,(H,14,16)(H,18,19). The quantitative estimate of drug-likeness (QED) is 0.537. The van der Waals surface area contributed by atoms with Gasteiger partial charge in [-0.1, -0.05) is 13.3 Å². The Morgan fingerprint density at radius 1 is 1.45 bits per heavy atom. The summed E-state index contributed by atoms with van der Waals surface area (Å²) in [5.41, 5.74) is 0. The molecule has 20 heavy (non-hydrogen) atoms. The lowest BCUT2D eigenvalue weighted by atomic mass is 10.0. The predicted octanol–water partition coefficient (Wildman–Crippen LogP) is 0.810. The molecule has 3 atom stereocenters. The van der Waals surface area contributed by atoms with Crippen molar-refractivity contribution in [3.8, 4) is 0 Å². The number of carbonyl (C=O) groups excluding carboxylic acids is 2. The van der Waals surface area contributed by atoms with Gasteiger partial charge in [0, 0.05) is 18.2 Å². The van der Waals surface area contributed by atoms with Crippen molar-refractivity contribution in [2.45, 2.75) is 55.7 Å². The number of carboxylic acid groups (broad SMARTS) is 1. The van der Waals surface area contributed by atoms with E-state index in [9.17, 15) is 19.5 Å². The van der Waals surface area contributed by atoms with Gasteiger partial charge in [0.05, 0.1) is 11.8 Å². The third-order valence-electron chi connectivity index (χ3n) is 3.74. The van der Waals surface area contributed by atoms with E-state index in [1.807, 2.05) is 6.92 Å². The fourth-order valence-electron chi connectivity index (χ4n) is 2.63. The fourth-order valence-corrected chi connectivity index (χ4v) is 4.35. The summed E-state index contributed by atoms with van der Waals surface area (Å²) in [5.74, 6) is -0.914. The van der Waals surface area contributed by atoms with Crippen LogP contribution in [-0.4, -0.2) is 51.0 Å². The van der Waals surface area contributed by atoms with Crippen LogP contribution in [0.5, 0.6) is 0 Å². The third-order valence-corrected chi connectivity index (χ3v) is 5.29. The molecule has 0 bridgehead atoms. The van der Waals surface area contributed by atoms with Gasteiger partial charge in [0.15, 0.2) is 0 Å². The molecule has 2 rings (SSSR count). The summed E-state index contributed by atoms with van der Waals surface area (Å²) in [4.78, 5) is 35.3. The number of amides is 2. The van der Waals surface area contributed by atoms with Gasteiger partial charge in [0.2, 0.25) is 11.8 Å². The van der Waals surface area contributed by atoms with E-state index >= 15 is 0 Å². The molecule has 2 saturated heterocycles. The van der Waals surface area contributed by atoms with Crippen molar-refractivity contribution in [1.82, 2.24) is 10.2 Å². The maximum atomic E-state index is 11.5. The molecule has 112 valence electrons. The van der Waals surface area contributed by atoms with Crippen LogP contribution >= 0.6 is 11.8 Å². The normalized spacial score (nSPS) is 27.9. The molecule has 0 radical (unpaired) electrons. The average Bonchev–Trinajstić information content (AvgIpc) is 2.70. The molecule has 6 nitrogen and oxygen atoms in total. The Morgan fingerprint density at radius 3 is 2.80 bits per heavy atom. The van der Waals surface area contributed by atoms with Crippen molar-refractivity contribution in [3.05, 3.63) is 0 Å². The van der Waals surface area contributed by atoms with Crippen molar-refractivity contribution in [1.29, 1.82) is 0 Å². The van der Waals surface area contributed by atoms with E-state index in [1.165, 1.54) is 4.90 Å². The van der Waals surface area contributed by atoms with Crippen LogP contribution in [0.3, 0.4) is 0 Å². The zero-order valence-corrected chi connectivity index (χ0v) is 12.3. The number of nitrogens with zero attached hydrogens (tertiary/aromatic N) is 1. The summed E-state index contributed by atoms with van der Waals surface area (Å²) < 4.78 is 0. The molecule has 2 N–H and O–H groups in total. The number of nitrogens with one attached hydrogen (secondary N) is 1. The van der Waals surface area contributed by atoms with Crippen molar-refractivity contribution in [3.63, 3.8) is 0 Å². The first-order valence-corrected chi connectivity index (χ1v) is 7.95. The van der Waals surface area contributed by atoms with Gasteiger partial charge in [0.1, 0.15) is 6.04 Å². The molecule has 3 unspecified atom stereocenters. The average molecular weight is 300 g/mol. The van der Waals surface area contributed by atoms with E-state index in [0.29, 0.717) is 19.4 Å². The minimum atomic E-state index is -0.905. The number of aliphatic carboxylic acids is 1. The van der Waals surface area contributed by atoms with Crippen LogP contribution in [0.25, 0.3) is 0 Å². The molecule has 2 fully saturated rings. The van der Waals surface area contributed by atoms with Crippen LogP contribution in [-0.2, 0) is 14.4 Å². The first kappa shape index (κ1) is 15.2. The number of hydrogen-bond donors (Lipinski definition) is 2. The Labute approximate surface area is 122 Å². The monoisotopic (exact) mass is 300 g/mol. The van der Waals surface area contributed by atoms with Crippen LogP contribution < -0.4 is 5.32 Å². The Balaban J connectivity index is 1.74. The van der Waals surface area contributed by atoms with Crippen LogP contribution in [0.15, 0.2) is 0 Å². The topological polar surface area (TPSA) is 86.7 Å². The van der Waals surface area contributed by atoms with E-state index < -0.39 is 12.0 Å². The van der Waals surface area contributed by atoms with Crippen molar-refractivity contribution in [2.24, 2.45) is 0 Å². The molecule has 0 aliphatic carbocycles. The largest absolute Gasteiger partial charge is 0.480 e. The number of unbranched alkanes of at least 4 members (excludes halogenated alkanes) is 1. The van der Waals surface area contributed by atoms with Crippen LogP contribution in [0.2, 0.25) is 0 Å².